The molecule has 1 fully saturated rings. The Labute approximate surface area is 113 Å². The van der Waals surface area contributed by atoms with E-state index in [0.717, 1.165) is 12.8 Å². The number of Topliss-reactive ketones (excluding diaryl/α,β-unsaturated/α-hetero) is 1. The monoisotopic (exact) mass is 285 g/mol. The second kappa shape index (κ2) is 5.42. The van der Waals surface area contributed by atoms with E-state index in [1.807, 2.05) is 0 Å². The first-order valence-electron chi connectivity index (χ1n) is 6.32. The van der Waals surface area contributed by atoms with Gasteiger partial charge >= 0.3 is 0 Å². The molecule has 1 aromatic heterocycles. The molecule has 106 valence electrons. The van der Waals surface area contributed by atoms with E-state index in [1.165, 1.54) is 10.6 Å². The van der Waals surface area contributed by atoms with Crippen LogP contribution < -0.4 is 0 Å². The van der Waals surface area contributed by atoms with E-state index in [9.17, 15) is 13.2 Å². The van der Waals surface area contributed by atoms with Crippen molar-refractivity contribution in [3.8, 4) is 0 Å². The summed E-state index contributed by atoms with van der Waals surface area (Å²) in [4.78, 5) is 16.0. The Morgan fingerprint density at radius 3 is 2.84 bits per heavy atom. The number of hydrogen-bond acceptors (Lipinski definition) is 4. The third kappa shape index (κ3) is 3.42. The molecule has 7 heteroatoms. The fraction of sp³-hybridized carbons (Fsp3) is 0.667. The van der Waals surface area contributed by atoms with E-state index >= 15 is 0 Å². The van der Waals surface area contributed by atoms with Gasteiger partial charge in [-0.3, -0.25) is 4.79 Å². The van der Waals surface area contributed by atoms with Crippen molar-refractivity contribution in [2.75, 3.05) is 19.3 Å². The highest BCUT2D eigenvalue weighted by Crippen LogP contribution is 2.22. The van der Waals surface area contributed by atoms with Crippen LogP contribution in [0.2, 0.25) is 0 Å². The first-order chi connectivity index (χ1) is 8.88. The third-order valence-corrected chi connectivity index (χ3v) is 4.80. The minimum absolute atomic E-state index is 0.0281. The molecule has 6 nitrogen and oxygen atoms in total. The average Bonchev–Trinajstić information content (AvgIpc) is 2.75. The van der Waals surface area contributed by atoms with E-state index in [4.69, 9.17) is 0 Å². The molecule has 1 unspecified atom stereocenters. The van der Waals surface area contributed by atoms with Gasteiger partial charge in [-0.1, -0.05) is 0 Å². The van der Waals surface area contributed by atoms with Gasteiger partial charge in [-0.2, -0.15) is 0 Å². The number of aryl methyl sites for hydroxylation is 1. The highest BCUT2D eigenvalue weighted by molar-refractivity contribution is 7.88. The molecule has 19 heavy (non-hydrogen) atoms. The molecule has 0 aromatic carbocycles. The molecule has 1 aromatic rings. The number of nitrogens with zero attached hydrogens (tertiary/aromatic N) is 3. The molecule has 2 rings (SSSR count). The van der Waals surface area contributed by atoms with Crippen LogP contribution in [0.5, 0.6) is 0 Å². The number of hydrogen-bond donors (Lipinski definition) is 0. The molecular formula is C12H19N3O3S. The van der Waals surface area contributed by atoms with Crippen LogP contribution >= 0.6 is 0 Å². The molecule has 1 aliphatic rings. The van der Waals surface area contributed by atoms with Crippen molar-refractivity contribution in [3.63, 3.8) is 0 Å². The maximum absolute atomic E-state index is 12.1. The molecule has 0 amide bonds. The van der Waals surface area contributed by atoms with Crippen molar-refractivity contribution in [1.82, 2.24) is 13.9 Å². The molecule has 0 bridgehead atoms. The molecule has 0 spiro atoms. The van der Waals surface area contributed by atoms with E-state index in [0.29, 0.717) is 25.2 Å². The van der Waals surface area contributed by atoms with E-state index in [1.54, 1.807) is 24.1 Å². The summed E-state index contributed by atoms with van der Waals surface area (Å²) in [6, 6.07) is 0. The van der Waals surface area contributed by atoms with E-state index in [-0.39, 0.29) is 11.7 Å². The van der Waals surface area contributed by atoms with Crippen LogP contribution in [-0.4, -0.2) is 47.4 Å². The van der Waals surface area contributed by atoms with Gasteiger partial charge in [0, 0.05) is 26.6 Å². The summed E-state index contributed by atoms with van der Waals surface area (Å²) in [5.41, 5.74) is 0.580. The Hall–Kier alpha value is -1.21. The minimum Gasteiger partial charge on any atom is -0.331 e. The zero-order valence-corrected chi connectivity index (χ0v) is 12.1. The maximum atomic E-state index is 12.1. The average molecular weight is 285 g/mol. The molecule has 2 heterocycles. The van der Waals surface area contributed by atoms with Crippen molar-refractivity contribution in [3.05, 3.63) is 18.2 Å². The quantitative estimate of drug-likeness (QED) is 0.762. The molecule has 0 radical (unpaired) electrons. The van der Waals surface area contributed by atoms with E-state index in [2.05, 4.69) is 4.98 Å². The molecule has 0 N–H and O–H groups in total. The number of imidazole rings is 1. The van der Waals surface area contributed by atoms with Gasteiger partial charge in [0.15, 0.2) is 5.78 Å². The van der Waals surface area contributed by atoms with Crippen LogP contribution in [0, 0.1) is 5.92 Å². The number of sulfonamides is 1. The van der Waals surface area contributed by atoms with Crippen molar-refractivity contribution >= 4 is 15.8 Å². The summed E-state index contributed by atoms with van der Waals surface area (Å²) in [6.07, 6.45) is 6.46. The second-order valence-corrected chi connectivity index (χ2v) is 7.13. The summed E-state index contributed by atoms with van der Waals surface area (Å²) in [7, 11) is -1.37. The van der Waals surface area contributed by atoms with Gasteiger partial charge in [-0.15, -0.1) is 0 Å². The first kappa shape index (κ1) is 14.2. The molecular weight excluding hydrogens is 266 g/mol. The normalized spacial score (nSPS) is 21.5. The predicted octanol–water partition coefficient (Wildman–Crippen LogP) is 0.665. The summed E-state index contributed by atoms with van der Waals surface area (Å²) in [5.74, 6) is 0.131. The van der Waals surface area contributed by atoms with Gasteiger partial charge in [-0.25, -0.2) is 17.7 Å². The van der Waals surface area contributed by atoms with Crippen LogP contribution in [0.1, 0.15) is 29.8 Å². The lowest BCUT2D eigenvalue weighted by molar-refractivity contribution is 0.0934. The molecule has 1 atom stereocenters. The van der Waals surface area contributed by atoms with Gasteiger partial charge < -0.3 is 4.57 Å². The van der Waals surface area contributed by atoms with Crippen LogP contribution in [0.25, 0.3) is 0 Å². The van der Waals surface area contributed by atoms with Gasteiger partial charge in [0.1, 0.15) is 5.69 Å². The lowest BCUT2D eigenvalue weighted by Gasteiger charge is -2.30. The van der Waals surface area contributed by atoms with Crippen molar-refractivity contribution in [1.29, 1.82) is 0 Å². The summed E-state index contributed by atoms with van der Waals surface area (Å²) < 4.78 is 26.2. The van der Waals surface area contributed by atoms with Gasteiger partial charge in [0.25, 0.3) is 0 Å². The second-order valence-electron chi connectivity index (χ2n) is 5.15. The smallest absolute Gasteiger partial charge is 0.211 e. The Kier molecular flexibility index (Phi) is 4.05. The number of aromatic nitrogens is 2. The SMILES string of the molecule is Cn1cncc1C(=O)CC1CCCN(S(C)(=O)=O)C1. The number of ketones is 1. The Morgan fingerprint density at radius 2 is 2.26 bits per heavy atom. The first-order valence-corrected chi connectivity index (χ1v) is 8.17. The predicted molar refractivity (Wildman–Crippen MR) is 71.3 cm³/mol. The van der Waals surface area contributed by atoms with Crippen molar-refractivity contribution in [2.45, 2.75) is 19.3 Å². The zero-order chi connectivity index (χ0) is 14.0. The topological polar surface area (TPSA) is 72.3 Å². The number of piperidine rings is 1. The Bertz CT molecular complexity index is 565. The van der Waals surface area contributed by atoms with Crippen LogP contribution in [0.15, 0.2) is 12.5 Å². The van der Waals surface area contributed by atoms with Gasteiger partial charge in [0.05, 0.1) is 18.8 Å². The number of carbonyl (C=O) groups excluding carboxylic acids is 1. The van der Waals surface area contributed by atoms with Gasteiger partial charge in [-0.05, 0) is 18.8 Å². The fourth-order valence-electron chi connectivity index (χ4n) is 2.49. The lowest BCUT2D eigenvalue weighted by Crippen LogP contribution is -2.39. The van der Waals surface area contributed by atoms with Gasteiger partial charge in [0.2, 0.25) is 10.0 Å². The fourth-order valence-corrected chi connectivity index (χ4v) is 3.43. The minimum atomic E-state index is -3.15. The van der Waals surface area contributed by atoms with Crippen molar-refractivity contribution in [2.24, 2.45) is 13.0 Å². The van der Waals surface area contributed by atoms with Crippen LogP contribution in [0.3, 0.4) is 0 Å². The highest BCUT2D eigenvalue weighted by atomic mass is 32.2. The summed E-state index contributed by atoms with van der Waals surface area (Å²) in [6.45, 7) is 1.01. The summed E-state index contributed by atoms with van der Waals surface area (Å²) in [5, 5.41) is 0. The molecule has 0 aliphatic carbocycles. The molecule has 1 saturated heterocycles. The standard InChI is InChI=1S/C12H19N3O3S/c1-14-9-13-7-11(14)12(16)6-10-4-3-5-15(8-10)19(2,17)18/h7,9-10H,3-6,8H2,1-2H3. The molecule has 1 aliphatic heterocycles. The number of rotatable bonds is 4. The Morgan fingerprint density at radius 1 is 1.53 bits per heavy atom. The highest BCUT2D eigenvalue weighted by Gasteiger charge is 2.27. The summed E-state index contributed by atoms with van der Waals surface area (Å²) >= 11 is 0. The Balaban J connectivity index is 2.00. The molecule has 0 saturated carbocycles. The zero-order valence-electron chi connectivity index (χ0n) is 11.2. The maximum Gasteiger partial charge on any atom is 0.211 e. The largest absolute Gasteiger partial charge is 0.331 e. The third-order valence-electron chi connectivity index (χ3n) is 3.53. The van der Waals surface area contributed by atoms with Crippen LogP contribution in [-0.2, 0) is 17.1 Å². The lowest BCUT2D eigenvalue weighted by atomic mass is 9.93. The number of carbonyl (C=O) groups is 1. The van der Waals surface area contributed by atoms with Crippen LogP contribution in [0.4, 0.5) is 0 Å². The van der Waals surface area contributed by atoms with Crippen molar-refractivity contribution < 1.29 is 13.2 Å². The van der Waals surface area contributed by atoms with E-state index < -0.39 is 10.0 Å².